The molecule has 0 spiro atoms. The number of nitrogens with zero attached hydrogens (tertiary/aromatic N) is 1. The molecule has 0 unspecified atom stereocenters. The molecule has 0 saturated carbocycles. The number of oxazole rings is 1. The lowest BCUT2D eigenvalue weighted by molar-refractivity contribution is -0.120. The summed E-state index contributed by atoms with van der Waals surface area (Å²) in [7, 11) is 0. The maximum atomic E-state index is 13.6. The summed E-state index contributed by atoms with van der Waals surface area (Å²) in [4.78, 5) is 15.5. The van der Waals surface area contributed by atoms with Crippen molar-refractivity contribution in [3.05, 3.63) is 54.8 Å². The third-order valence-electron chi connectivity index (χ3n) is 2.70. The second kappa shape index (κ2) is 6.65. The fourth-order valence-corrected chi connectivity index (χ4v) is 1.71. The smallest absolute Gasteiger partial charge is 0.220 e. The monoisotopic (exact) mass is 274 g/mol. The van der Waals surface area contributed by atoms with Gasteiger partial charge in [-0.2, -0.15) is 0 Å². The molecule has 0 radical (unpaired) electrons. The van der Waals surface area contributed by atoms with Crippen LogP contribution in [0.3, 0.4) is 0 Å². The number of rotatable bonds is 6. The highest BCUT2D eigenvalue weighted by molar-refractivity contribution is 5.76. The third kappa shape index (κ3) is 3.54. The van der Waals surface area contributed by atoms with Gasteiger partial charge in [-0.3, -0.25) is 4.79 Å². The SMILES string of the molecule is C=CCNC(=O)CCc1ncc(-c2ccccc2F)o1. The zero-order valence-electron chi connectivity index (χ0n) is 10.9. The Morgan fingerprint density at radius 1 is 1.45 bits per heavy atom. The highest BCUT2D eigenvalue weighted by atomic mass is 19.1. The van der Waals surface area contributed by atoms with Crippen LogP contribution in [0, 0.1) is 5.82 Å². The van der Waals surface area contributed by atoms with E-state index in [1.54, 1.807) is 24.3 Å². The summed E-state index contributed by atoms with van der Waals surface area (Å²) in [6.45, 7) is 3.95. The number of benzene rings is 1. The fourth-order valence-electron chi connectivity index (χ4n) is 1.71. The molecule has 2 aromatic rings. The van der Waals surface area contributed by atoms with Gasteiger partial charge in [0.2, 0.25) is 5.91 Å². The van der Waals surface area contributed by atoms with Gasteiger partial charge in [0.05, 0.1) is 11.8 Å². The fraction of sp³-hybridized carbons (Fsp3) is 0.200. The number of hydrogen-bond acceptors (Lipinski definition) is 3. The number of halogens is 1. The topological polar surface area (TPSA) is 55.1 Å². The summed E-state index contributed by atoms with van der Waals surface area (Å²) in [6.07, 6.45) is 3.72. The number of aromatic nitrogens is 1. The summed E-state index contributed by atoms with van der Waals surface area (Å²) in [5.74, 6) is 0.316. The summed E-state index contributed by atoms with van der Waals surface area (Å²) in [6, 6.07) is 6.32. The van der Waals surface area contributed by atoms with Crippen molar-refractivity contribution in [1.29, 1.82) is 0 Å². The standard InChI is InChI=1S/C15H15FN2O2/c1-2-9-17-14(19)7-8-15-18-10-13(20-15)11-5-3-4-6-12(11)16/h2-6,10H,1,7-9H2,(H,17,19). The van der Waals surface area contributed by atoms with Crippen molar-refractivity contribution in [2.75, 3.05) is 6.54 Å². The van der Waals surface area contributed by atoms with Crippen molar-refractivity contribution in [1.82, 2.24) is 10.3 Å². The van der Waals surface area contributed by atoms with Crippen LogP contribution in [-0.4, -0.2) is 17.4 Å². The molecular weight excluding hydrogens is 259 g/mol. The van der Waals surface area contributed by atoms with Crippen LogP contribution in [0.5, 0.6) is 0 Å². The Kier molecular flexibility index (Phi) is 4.65. The van der Waals surface area contributed by atoms with E-state index in [-0.39, 0.29) is 18.1 Å². The van der Waals surface area contributed by atoms with Crippen LogP contribution in [-0.2, 0) is 11.2 Å². The molecule has 0 saturated heterocycles. The highest BCUT2D eigenvalue weighted by Gasteiger charge is 2.11. The van der Waals surface area contributed by atoms with Crippen molar-refractivity contribution in [3.8, 4) is 11.3 Å². The van der Waals surface area contributed by atoms with E-state index >= 15 is 0 Å². The van der Waals surface area contributed by atoms with Gasteiger partial charge in [0, 0.05) is 19.4 Å². The average Bonchev–Trinajstić information content (AvgIpc) is 2.92. The molecule has 1 aromatic heterocycles. The summed E-state index contributed by atoms with van der Waals surface area (Å²) in [5, 5.41) is 2.66. The molecule has 0 bridgehead atoms. The summed E-state index contributed by atoms with van der Waals surface area (Å²) in [5.41, 5.74) is 0.363. The first-order chi connectivity index (χ1) is 9.70. The molecule has 0 aliphatic carbocycles. The minimum absolute atomic E-state index is 0.101. The Morgan fingerprint density at radius 3 is 3.00 bits per heavy atom. The number of carbonyl (C=O) groups excluding carboxylic acids is 1. The van der Waals surface area contributed by atoms with Crippen LogP contribution < -0.4 is 5.32 Å². The van der Waals surface area contributed by atoms with E-state index < -0.39 is 0 Å². The largest absolute Gasteiger partial charge is 0.441 e. The van der Waals surface area contributed by atoms with Gasteiger partial charge in [-0.05, 0) is 12.1 Å². The van der Waals surface area contributed by atoms with Crippen molar-refractivity contribution in [2.45, 2.75) is 12.8 Å². The molecule has 1 aromatic carbocycles. The van der Waals surface area contributed by atoms with Crippen LogP contribution in [0.25, 0.3) is 11.3 Å². The van der Waals surface area contributed by atoms with E-state index in [2.05, 4.69) is 16.9 Å². The molecule has 5 heteroatoms. The van der Waals surface area contributed by atoms with Crippen molar-refractivity contribution < 1.29 is 13.6 Å². The second-order valence-corrected chi connectivity index (χ2v) is 4.19. The van der Waals surface area contributed by atoms with E-state index in [1.165, 1.54) is 12.3 Å². The zero-order chi connectivity index (χ0) is 14.4. The van der Waals surface area contributed by atoms with E-state index in [0.29, 0.717) is 30.2 Å². The van der Waals surface area contributed by atoms with Crippen molar-refractivity contribution in [3.63, 3.8) is 0 Å². The lowest BCUT2D eigenvalue weighted by Crippen LogP contribution is -2.23. The second-order valence-electron chi connectivity index (χ2n) is 4.19. The van der Waals surface area contributed by atoms with E-state index in [0.717, 1.165) is 0 Å². The highest BCUT2D eigenvalue weighted by Crippen LogP contribution is 2.23. The van der Waals surface area contributed by atoms with E-state index in [4.69, 9.17) is 4.42 Å². The molecule has 0 fully saturated rings. The van der Waals surface area contributed by atoms with Crippen molar-refractivity contribution >= 4 is 5.91 Å². The molecule has 1 heterocycles. The lowest BCUT2D eigenvalue weighted by Gasteiger charge is -2.00. The number of hydrogen-bond donors (Lipinski definition) is 1. The Balaban J connectivity index is 1.98. The number of carbonyl (C=O) groups is 1. The van der Waals surface area contributed by atoms with Gasteiger partial charge in [0.1, 0.15) is 5.82 Å². The van der Waals surface area contributed by atoms with Crippen LogP contribution in [0.4, 0.5) is 4.39 Å². The average molecular weight is 274 g/mol. The third-order valence-corrected chi connectivity index (χ3v) is 2.70. The maximum absolute atomic E-state index is 13.6. The number of nitrogens with one attached hydrogen (secondary N) is 1. The van der Waals surface area contributed by atoms with Gasteiger partial charge in [-0.25, -0.2) is 9.37 Å². The van der Waals surface area contributed by atoms with Gasteiger partial charge in [-0.1, -0.05) is 18.2 Å². The molecule has 104 valence electrons. The minimum atomic E-state index is -0.362. The molecule has 0 aliphatic heterocycles. The molecule has 1 amide bonds. The summed E-state index contributed by atoms with van der Waals surface area (Å²) >= 11 is 0. The van der Waals surface area contributed by atoms with Gasteiger partial charge >= 0.3 is 0 Å². The molecule has 1 N–H and O–H groups in total. The predicted octanol–water partition coefficient (Wildman–Crippen LogP) is 2.72. The van der Waals surface area contributed by atoms with Gasteiger partial charge < -0.3 is 9.73 Å². The predicted molar refractivity (Wildman–Crippen MR) is 73.4 cm³/mol. The van der Waals surface area contributed by atoms with Crippen LogP contribution >= 0.6 is 0 Å². The van der Waals surface area contributed by atoms with Crippen LogP contribution in [0.2, 0.25) is 0 Å². The van der Waals surface area contributed by atoms with Crippen LogP contribution in [0.15, 0.2) is 47.5 Å². The zero-order valence-corrected chi connectivity index (χ0v) is 10.9. The van der Waals surface area contributed by atoms with Gasteiger partial charge in [0.15, 0.2) is 11.7 Å². The molecule has 2 rings (SSSR count). The Morgan fingerprint density at radius 2 is 2.25 bits per heavy atom. The normalized spacial score (nSPS) is 10.2. The first-order valence-electron chi connectivity index (χ1n) is 6.28. The van der Waals surface area contributed by atoms with E-state index in [1.807, 2.05) is 0 Å². The Bertz CT molecular complexity index is 607. The first kappa shape index (κ1) is 14.0. The molecule has 0 aliphatic rings. The summed E-state index contributed by atoms with van der Waals surface area (Å²) < 4.78 is 19.0. The minimum Gasteiger partial charge on any atom is -0.441 e. The maximum Gasteiger partial charge on any atom is 0.220 e. The molecule has 4 nitrogen and oxygen atoms in total. The van der Waals surface area contributed by atoms with Crippen molar-refractivity contribution in [2.24, 2.45) is 0 Å². The number of amides is 1. The Hall–Kier alpha value is -2.43. The van der Waals surface area contributed by atoms with E-state index in [9.17, 15) is 9.18 Å². The lowest BCUT2D eigenvalue weighted by atomic mass is 10.2. The molecule has 20 heavy (non-hydrogen) atoms. The van der Waals surface area contributed by atoms with Gasteiger partial charge in [0.25, 0.3) is 0 Å². The molecule has 0 atom stereocenters. The first-order valence-corrected chi connectivity index (χ1v) is 6.28. The molecular formula is C15H15FN2O2. The van der Waals surface area contributed by atoms with Gasteiger partial charge in [-0.15, -0.1) is 6.58 Å². The Labute approximate surface area is 116 Å². The number of aryl methyl sites for hydroxylation is 1. The quantitative estimate of drug-likeness (QED) is 0.824. The van der Waals surface area contributed by atoms with Crippen LogP contribution in [0.1, 0.15) is 12.3 Å².